The van der Waals surface area contributed by atoms with Crippen LogP contribution in [-0.2, 0) is 22.6 Å². The van der Waals surface area contributed by atoms with E-state index in [9.17, 15) is 14.4 Å². The van der Waals surface area contributed by atoms with Gasteiger partial charge in [-0.15, -0.1) is 11.3 Å². The zero-order valence-electron chi connectivity index (χ0n) is 17.0. The van der Waals surface area contributed by atoms with Gasteiger partial charge in [0.05, 0.1) is 10.7 Å². The maximum Gasteiger partial charge on any atom is 0.314 e. The number of carbonyl (C=O) groups excluding carboxylic acids is 3. The monoisotopic (exact) mass is 462 g/mol. The Morgan fingerprint density at radius 1 is 1.16 bits per heavy atom. The van der Waals surface area contributed by atoms with Gasteiger partial charge in [-0.05, 0) is 38.4 Å². The number of fused-ring (bicyclic) bond motifs is 1. The second kappa shape index (κ2) is 9.29. The molecule has 11 heteroatoms. The number of rotatable bonds is 4. The Labute approximate surface area is 188 Å². The first-order valence-corrected chi connectivity index (χ1v) is 11.3. The number of pyridine rings is 1. The van der Waals surface area contributed by atoms with E-state index >= 15 is 0 Å². The van der Waals surface area contributed by atoms with Crippen molar-refractivity contribution in [3.8, 4) is 0 Å². The highest BCUT2D eigenvalue weighted by molar-refractivity contribution is 7.13. The van der Waals surface area contributed by atoms with E-state index in [1.54, 1.807) is 6.07 Å². The van der Waals surface area contributed by atoms with Gasteiger partial charge in [-0.1, -0.05) is 11.6 Å². The van der Waals surface area contributed by atoms with E-state index in [4.69, 9.17) is 11.6 Å². The average molecular weight is 463 g/mol. The number of anilines is 1. The molecule has 3 N–H and O–H groups in total. The van der Waals surface area contributed by atoms with E-state index in [0.717, 1.165) is 42.9 Å². The summed E-state index contributed by atoms with van der Waals surface area (Å²) in [5, 5.41) is 9.03. The Morgan fingerprint density at radius 3 is 2.68 bits per heavy atom. The van der Waals surface area contributed by atoms with Gasteiger partial charge in [0, 0.05) is 42.7 Å². The van der Waals surface area contributed by atoms with Gasteiger partial charge >= 0.3 is 11.8 Å². The van der Waals surface area contributed by atoms with E-state index in [1.807, 2.05) is 7.05 Å². The Balaban J connectivity index is 1.33. The van der Waals surface area contributed by atoms with E-state index in [1.165, 1.54) is 23.6 Å². The molecule has 4 rings (SSSR count). The van der Waals surface area contributed by atoms with Crippen LogP contribution in [0.15, 0.2) is 18.3 Å². The van der Waals surface area contributed by atoms with Crippen LogP contribution >= 0.6 is 22.9 Å². The van der Waals surface area contributed by atoms with Crippen molar-refractivity contribution in [2.24, 2.45) is 0 Å². The molecule has 0 spiro atoms. The fourth-order valence-electron chi connectivity index (χ4n) is 3.81. The zero-order chi connectivity index (χ0) is 22.0. The second-order valence-corrected chi connectivity index (χ2v) is 9.30. The highest BCUT2D eigenvalue weighted by Crippen LogP contribution is 2.25. The quantitative estimate of drug-likeness (QED) is 0.594. The molecule has 0 radical (unpaired) electrons. The molecule has 3 amide bonds. The Bertz CT molecular complexity index is 995. The molecule has 1 fully saturated rings. The molecule has 3 heterocycles. The Kier molecular flexibility index (Phi) is 6.49. The summed E-state index contributed by atoms with van der Waals surface area (Å²) in [4.78, 5) is 49.0. The van der Waals surface area contributed by atoms with Gasteiger partial charge in [-0.25, -0.2) is 9.97 Å². The predicted octanol–water partition coefficient (Wildman–Crippen LogP) is 1.59. The Hall–Kier alpha value is -2.56. The summed E-state index contributed by atoms with van der Waals surface area (Å²) < 4.78 is 0. The molecule has 2 aliphatic rings. The molecule has 0 bridgehead atoms. The molecule has 31 heavy (non-hydrogen) atoms. The molecular formula is C20H23ClN6O3S. The minimum Gasteiger partial charge on any atom is -0.345 e. The van der Waals surface area contributed by atoms with Crippen molar-refractivity contribution in [1.82, 2.24) is 25.5 Å². The van der Waals surface area contributed by atoms with Crippen LogP contribution in [0, 0.1) is 0 Å². The van der Waals surface area contributed by atoms with Gasteiger partial charge in [-0.3, -0.25) is 14.4 Å². The fourth-order valence-corrected chi connectivity index (χ4v) is 5.02. The largest absolute Gasteiger partial charge is 0.345 e. The first kappa shape index (κ1) is 21.7. The highest BCUT2D eigenvalue weighted by atomic mass is 35.5. The SMILES string of the molecule is CN1CCc2nc(C(=O)N[C@@H]3CCC[C@H]3NC(=O)C(=O)Nc3ccc(Cl)cn3)sc2C1. The molecule has 1 saturated carbocycles. The number of aromatic nitrogens is 2. The third-order valence-electron chi connectivity index (χ3n) is 5.44. The van der Waals surface area contributed by atoms with Crippen molar-refractivity contribution in [2.45, 2.75) is 44.3 Å². The summed E-state index contributed by atoms with van der Waals surface area (Å²) in [6, 6.07) is 2.51. The molecular weight excluding hydrogens is 440 g/mol. The van der Waals surface area contributed by atoms with Crippen LogP contribution in [0.3, 0.4) is 0 Å². The van der Waals surface area contributed by atoms with Crippen LogP contribution in [0.5, 0.6) is 0 Å². The minimum atomic E-state index is -0.816. The lowest BCUT2D eigenvalue weighted by molar-refractivity contribution is -0.136. The van der Waals surface area contributed by atoms with Crippen LogP contribution in [0.4, 0.5) is 5.82 Å². The lowest BCUT2D eigenvalue weighted by atomic mass is 10.1. The summed E-state index contributed by atoms with van der Waals surface area (Å²) in [6.07, 6.45) is 4.48. The van der Waals surface area contributed by atoms with Crippen LogP contribution < -0.4 is 16.0 Å². The highest BCUT2D eigenvalue weighted by Gasteiger charge is 2.32. The van der Waals surface area contributed by atoms with Gasteiger partial charge in [0.2, 0.25) is 0 Å². The number of thiazole rings is 1. The lowest BCUT2D eigenvalue weighted by Crippen LogP contribution is -2.51. The van der Waals surface area contributed by atoms with E-state index in [-0.39, 0.29) is 23.8 Å². The molecule has 164 valence electrons. The molecule has 0 saturated heterocycles. The maximum atomic E-state index is 12.7. The molecule has 2 aromatic heterocycles. The maximum absolute atomic E-state index is 12.7. The molecule has 2 aromatic rings. The molecule has 1 aliphatic carbocycles. The average Bonchev–Trinajstić information content (AvgIpc) is 3.36. The fraction of sp³-hybridized carbons (Fsp3) is 0.450. The number of carbonyl (C=O) groups is 3. The van der Waals surface area contributed by atoms with Crippen LogP contribution in [0.25, 0.3) is 0 Å². The minimum absolute atomic E-state index is 0.233. The molecule has 1 aliphatic heterocycles. The standard InChI is InChI=1S/C20H23ClN6O3S/c1-27-8-7-14-15(10-27)31-20(25-14)19(30)24-13-4-2-3-12(13)23-17(28)18(29)26-16-6-5-11(21)9-22-16/h5-6,9,12-13H,2-4,7-8,10H2,1H3,(H,23,28)(H,24,30)(H,22,26,29)/t12-,13-/m1/s1. The summed E-state index contributed by atoms with van der Waals surface area (Å²) >= 11 is 7.19. The van der Waals surface area contributed by atoms with Crippen molar-refractivity contribution in [3.63, 3.8) is 0 Å². The molecule has 2 atom stereocenters. The first-order valence-electron chi connectivity index (χ1n) is 10.1. The van der Waals surface area contributed by atoms with Crippen LogP contribution in [0.1, 0.15) is 39.6 Å². The van der Waals surface area contributed by atoms with Gasteiger partial charge < -0.3 is 20.9 Å². The normalized spacial score (nSPS) is 20.7. The van der Waals surface area contributed by atoms with Crippen molar-refractivity contribution in [1.29, 1.82) is 0 Å². The van der Waals surface area contributed by atoms with Crippen LogP contribution in [-0.4, -0.2) is 58.3 Å². The molecule has 9 nitrogen and oxygen atoms in total. The smallest absolute Gasteiger partial charge is 0.314 e. The van der Waals surface area contributed by atoms with Gasteiger partial charge in [0.1, 0.15) is 5.82 Å². The van der Waals surface area contributed by atoms with E-state index < -0.39 is 11.8 Å². The molecule has 0 unspecified atom stereocenters. The lowest BCUT2D eigenvalue weighted by Gasteiger charge is -2.21. The topological polar surface area (TPSA) is 116 Å². The summed E-state index contributed by atoms with van der Waals surface area (Å²) in [7, 11) is 2.05. The van der Waals surface area contributed by atoms with Crippen LogP contribution in [0.2, 0.25) is 5.02 Å². The summed E-state index contributed by atoms with van der Waals surface area (Å²) in [5.74, 6) is -1.58. The van der Waals surface area contributed by atoms with Crippen molar-refractivity contribution >= 4 is 46.5 Å². The number of amides is 3. The third kappa shape index (κ3) is 5.20. The van der Waals surface area contributed by atoms with Gasteiger partial charge in [-0.2, -0.15) is 0 Å². The van der Waals surface area contributed by atoms with E-state index in [0.29, 0.717) is 16.5 Å². The summed E-state index contributed by atoms with van der Waals surface area (Å²) in [6.45, 7) is 1.74. The van der Waals surface area contributed by atoms with Crippen molar-refractivity contribution in [2.75, 3.05) is 18.9 Å². The third-order valence-corrected chi connectivity index (χ3v) is 6.75. The molecule has 0 aromatic carbocycles. The number of hydrogen-bond acceptors (Lipinski definition) is 7. The zero-order valence-corrected chi connectivity index (χ0v) is 18.6. The number of likely N-dealkylation sites (N-methyl/N-ethyl adjacent to an activating group) is 1. The Morgan fingerprint density at radius 2 is 1.94 bits per heavy atom. The number of halogens is 1. The predicted molar refractivity (Wildman–Crippen MR) is 117 cm³/mol. The number of nitrogens with zero attached hydrogens (tertiary/aromatic N) is 3. The van der Waals surface area contributed by atoms with Gasteiger partial charge in [0.25, 0.3) is 5.91 Å². The second-order valence-electron chi connectivity index (χ2n) is 7.78. The first-order chi connectivity index (χ1) is 14.9. The number of nitrogens with one attached hydrogen (secondary N) is 3. The summed E-state index contributed by atoms with van der Waals surface area (Å²) in [5.41, 5.74) is 0.997. The van der Waals surface area contributed by atoms with Gasteiger partial charge in [0.15, 0.2) is 5.01 Å². The van der Waals surface area contributed by atoms with Crippen molar-refractivity contribution in [3.05, 3.63) is 38.9 Å². The van der Waals surface area contributed by atoms with E-state index in [2.05, 4.69) is 30.8 Å². The van der Waals surface area contributed by atoms with Crippen molar-refractivity contribution < 1.29 is 14.4 Å². The number of hydrogen-bond donors (Lipinski definition) is 3.